The highest BCUT2D eigenvalue weighted by Crippen LogP contribution is 2.35. The topological polar surface area (TPSA) is 99.7 Å². The lowest BCUT2D eigenvalue weighted by atomic mass is 10.2. The number of morpholine rings is 1. The maximum absolute atomic E-state index is 13.1. The van der Waals surface area contributed by atoms with E-state index in [9.17, 15) is 18.0 Å². The summed E-state index contributed by atoms with van der Waals surface area (Å²) in [4.78, 5) is 31.1. The van der Waals surface area contributed by atoms with E-state index in [0.29, 0.717) is 37.7 Å². The second-order valence-corrected chi connectivity index (χ2v) is 10.1. The molecule has 0 aliphatic carbocycles. The van der Waals surface area contributed by atoms with Crippen molar-refractivity contribution in [3.63, 3.8) is 0 Å². The van der Waals surface area contributed by atoms with Gasteiger partial charge in [-0.25, -0.2) is 8.42 Å². The average Bonchev–Trinajstić information content (AvgIpc) is 2.81. The molecule has 0 atom stereocenters. The Labute approximate surface area is 188 Å². The van der Waals surface area contributed by atoms with Gasteiger partial charge in [-0.05, 0) is 31.2 Å². The van der Waals surface area contributed by atoms with Crippen LogP contribution in [0.15, 0.2) is 23.1 Å². The van der Waals surface area contributed by atoms with Gasteiger partial charge in [0.05, 0.1) is 23.8 Å². The van der Waals surface area contributed by atoms with Crippen LogP contribution in [0, 0.1) is 0 Å². The number of hydrogen-bond donors (Lipinski definition) is 0. The maximum Gasteiger partial charge on any atom is 0.265 e. The minimum atomic E-state index is -3.74. The van der Waals surface area contributed by atoms with Crippen LogP contribution < -0.4 is 9.64 Å². The van der Waals surface area contributed by atoms with E-state index in [4.69, 9.17) is 9.47 Å². The van der Waals surface area contributed by atoms with Crippen LogP contribution in [-0.2, 0) is 24.3 Å². The standard InChI is InChI=1S/C21H30N4O6S/c1-2-5-22-6-8-23(9-7-22)20(26)15-25-18-14-17(3-4-19(18)31-16-21(25)27)32(28,29)24-10-12-30-13-11-24/h3-4,14H,2,5-13,15-16H2,1H3. The molecule has 2 fully saturated rings. The number of nitrogens with zero attached hydrogens (tertiary/aromatic N) is 4. The van der Waals surface area contributed by atoms with E-state index in [2.05, 4.69) is 11.8 Å². The summed E-state index contributed by atoms with van der Waals surface area (Å²) in [6.45, 7) is 6.95. The van der Waals surface area contributed by atoms with Gasteiger partial charge >= 0.3 is 0 Å². The molecule has 0 unspecified atom stereocenters. The Balaban J connectivity index is 1.52. The highest BCUT2D eigenvalue weighted by molar-refractivity contribution is 7.89. The second kappa shape index (κ2) is 9.74. The zero-order valence-electron chi connectivity index (χ0n) is 18.4. The molecule has 0 bridgehead atoms. The van der Waals surface area contributed by atoms with Crippen LogP contribution in [-0.4, -0.2) is 107 Å². The van der Waals surface area contributed by atoms with Gasteiger partial charge in [-0.3, -0.25) is 19.4 Å². The van der Waals surface area contributed by atoms with Crippen molar-refractivity contribution in [3.05, 3.63) is 18.2 Å². The van der Waals surface area contributed by atoms with Crippen molar-refractivity contribution in [2.75, 3.05) is 77.1 Å². The quantitative estimate of drug-likeness (QED) is 0.581. The number of piperazine rings is 1. The lowest BCUT2D eigenvalue weighted by molar-refractivity contribution is -0.133. The second-order valence-electron chi connectivity index (χ2n) is 8.14. The fourth-order valence-electron chi connectivity index (χ4n) is 4.22. The third-order valence-electron chi connectivity index (χ3n) is 6.04. The predicted molar refractivity (Wildman–Crippen MR) is 117 cm³/mol. The minimum Gasteiger partial charge on any atom is -0.482 e. The number of hydrogen-bond acceptors (Lipinski definition) is 7. The van der Waals surface area contributed by atoms with Crippen LogP contribution in [0.3, 0.4) is 0 Å². The van der Waals surface area contributed by atoms with Gasteiger partial charge in [-0.15, -0.1) is 0 Å². The molecule has 3 aliphatic rings. The van der Waals surface area contributed by atoms with Crippen molar-refractivity contribution in [1.82, 2.24) is 14.1 Å². The number of fused-ring (bicyclic) bond motifs is 1. The number of benzene rings is 1. The minimum absolute atomic E-state index is 0.0714. The van der Waals surface area contributed by atoms with Crippen LogP contribution >= 0.6 is 0 Å². The number of carbonyl (C=O) groups is 2. The zero-order chi connectivity index (χ0) is 22.7. The Morgan fingerprint density at radius 2 is 1.78 bits per heavy atom. The molecule has 0 N–H and O–H groups in total. The molecule has 0 saturated carbocycles. The van der Waals surface area contributed by atoms with Crippen LogP contribution in [0.4, 0.5) is 5.69 Å². The largest absolute Gasteiger partial charge is 0.482 e. The molecule has 3 heterocycles. The van der Waals surface area contributed by atoms with Crippen LogP contribution in [0.5, 0.6) is 5.75 Å². The van der Waals surface area contributed by atoms with E-state index in [1.807, 2.05) is 0 Å². The first kappa shape index (κ1) is 23.0. The molecule has 1 aromatic carbocycles. The lowest BCUT2D eigenvalue weighted by Crippen LogP contribution is -2.52. The van der Waals surface area contributed by atoms with Crippen molar-refractivity contribution in [2.45, 2.75) is 18.2 Å². The van der Waals surface area contributed by atoms with E-state index in [-0.39, 0.29) is 43.0 Å². The van der Waals surface area contributed by atoms with Crippen LogP contribution in [0.2, 0.25) is 0 Å². The molecule has 2 saturated heterocycles. The molecule has 176 valence electrons. The summed E-state index contributed by atoms with van der Waals surface area (Å²) in [6.07, 6.45) is 1.07. The fourth-order valence-corrected chi connectivity index (χ4v) is 5.65. The SMILES string of the molecule is CCCN1CCN(C(=O)CN2C(=O)COc3ccc(S(=O)(=O)N4CCOCC4)cc32)CC1. The molecule has 11 heteroatoms. The number of carbonyl (C=O) groups excluding carboxylic acids is 2. The highest BCUT2D eigenvalue weighted by atomic mass is 32.2. The first-order valence-corrected chi connectivity index (χ1v) is 12.5. The summed E-state index contributed by atoms with van der Waals surface area (Å²) >= 11 is 0. The Morgan fingerprint density at radius 1 is 1.06 bits per heavy atom. The number of rotatable bonds is 6. The van der Waals surface area contributed by atoms with Gasteiger partial charge in [-0.1, -0.05) is 6.92 Å². The number of amides is 2. The van der Waals surface area contributed by atoms with Crippen molar-refractivity contribution in [1.29, 1.82) is 0 Å². The molecule has 2 amide bonds. The summed E-state index contributed by atoms with van der Waals surface area (Å²) in [5, 5.41) is 0. The van der Waals surface area contributed by atoms with Gasteiger partial charge in [-0.2, -0.15) is 4.31 Å². The van der Waals surface area contributed by atoms with Crippen LogP contribution in [0.1, 0.15) is 13.3 Å². The van der Waals surface area contributed by atoms with Gasteiger partial charge in [0, 0.05) is 39.3 Å². The van der Waals surface area contributed by atoms with E-state index in [1.54, 1.807) is 11.0 Å². The van der Waals surface area contributed by atoms with Crippen LogP contribution in [0.25, 0.3) is 0 Å². The first-order chi connectivity index (χ1) is 15.4. The number of anilines is 1. The number of sulfonamides is 1. The molecule has 10 nitrogen and oxygen atoms in total. The molecule has 32 heavy (non-hydrogen) atoms. The maximum atomic E-state index is 13.1. The molecule has 0 radical (unpaired) electrons. The normalized spacial score (nSPS) is 20.7. The highest BCUT2D eigenvalue weighted by Gasteiger charge is 2.33. The van der Waals surface area contributed by atoms with Gasteiger partial charge in [0.15, 0.2) is 6.61 Å². The van der Waals surface area contributed by atoms with Gasteiger partial charge in [0.25, 0.3) is 5.91 Å². The first-order valence-electron chi connectivity index (χ1n) is 11.1. The fraction of sp³-hybridized carbons (Fsp3) is 0.619. The van der Waals surface area contributed by atoms with E-state index in [0.717, 1.165) is 26.1 Å². The Bertz CT molecular complexity index is 955. The number of ether oxygens (including phenoxy) is 2. The smallest absolute Gasteiger partial charge is 0.265 e. The van der Waals surface area contributed by atoms with Crippen molar-refractivity contribution in [2.24, 2.45) is 0 Å². The van der Waals surface area contributed by atoms with Gasteiger partial charge in [0.1, 0.15) is 12.3 Å². The lowest BCUT2D eigenvalue weighted by Gasteiger charge is -2.36. The molecule has 3 aliphatic heterocycles. The Kier molecular flexibility index (Phi) is 6.99. The third kappa shape index (κ3) is 4.75. The molecule has 4 rings (SSSR count). The van der Waals surface area contributed by atoms with Crippen molar-refractivity contribution >= 4 is 27.5 Å². The monoisotopic (exact) mass is 466 g/mol. The zero-order valence-corrected chi connectivity index (χ0v) is 19.2. The third-order valence-corrected chi connectivity index (χ3v) is 7.93. The molecule has 1 aromatic rings. The summed E-state index contributed by atoms with van der Waals surface area (Å²) in [5.74, 6) is -0.119. The van der Waals surface area contributed by atoms with E-state index >= 15 is 0 Å². The molecular formula is C21H30N4O6S. The van der Waals surface area contributed by atoms with Crippen molar-refractivity contribution < 1.29 is 27.5 Å². The molecule has 0 aromatic heterocycles. The molecule has 0 spiro atoms. The molecular weight excluding hydrogens is 436 g/mol. The van der Waals surface area contributed by atoms with Gasteiger partial charge < -0.3 is 14.4 Å². The summed E-state index contributed by atoms with van der Waals surface area (Å²) in [5.41, 5.74) is 0.313. The summed E-state index contributed by atoms with van der Waals surface area (Å²) in [7, 11) is -3.74. The van der Waals surface area contributed by atoms with Gasteiger partial charge in [0.2, 0.25) is 15.9 Å². The summed E-state index contributed by atoms with van der Waals surface area (Å²) < 4.78 is 38.2. The predicted octanol–water partition coefficient (Wildman–Crippen LogP) is -0.0129. The van der Waals surface area contributed by atoms with Crippen molar-refractivity contribution in [3.8, 4) is 5.75 Å². The van der Waals surface area contributed by atoms with E-state index in [1.165, 1.54) is 21.3 Å². The summed E-state index contributed by atoms with van der Waals surface area (Å²) in [6, 6.07) is 4.46. The Morgan fingerprint density at radius 3 is 2.47 bits per heavy atom. The Hall–Kier alpha value is -2.21. The average molecular weight is 467 g/mol. The van der Waals surface area contributed by atoms with E-state index < -0.39 is 10.0 Å².